The molecule has 0 saturated carbocycles. The number of benzene rings is 1. The van der Waals surface area contributed by atoms with Crippen LogP contribution in [0.5, 0.6) is 0 Å². The summed E-state index contributed by atoms with van der Waals surface area (Å²) in [6, 6.07) is 9.91. The summed E-state index contributed by atoms with van der Waals surface area (Å²) < 4.78 is 15.8. The highest BCUT2D eigenvalue weighted by molar-refractivity contribution is 6.19. The summed E-state index contributed by atoms with van der Waals surface area (Å²) in [7, 11) is 0. The fourth-order valence-corrected chi connectivity index (χ4v) is 3.83. The normalized spacial score (nSPS) is 16.7. The largest absolute Gasteiger partial charge is 0.309 e. The van der Waals surface area contributed by atoms with Crippen LogP contribution in [0.1, 0.15) is 18.1 Å². The van der Waals surface area contributed by atoms with Gasteiger partial charge in [-0.15, -0.1) is 0 Å². The number of halogens is 1. The van der Waals surface area contributed by atoms with Crippen molar-refractivity contribution in [1.82, 2.24) is 35.6 Å². The lowest BCUT2D eigenvalue weighted by molar-refractivity contribution is -0.135. The summed E-state index contributed by atoms with van der Waals surface area (Å²) in [5, 5.41) is 7.80. The minimum absolute atomic E-state index is 0.143. The van der Waals surface area contributed by atoms with Crippen molar-refractivity contribution in [3.8, 4) is 11.5 Å². The molecule has 34 heavy (non-hydrogen) atoms. The molecule has 0 aliphatic carbocycles. The van der Waals surface area contributed by atoms with E-state index in [9.17, 15) is 18.8 Å². The standard InChI is InChI=1S/C22H17FN8O3/c1-22(21(34)29-26-11-32)14-9-25-18(27-17(14)28-20(22)33)16-13-6-4-8-24-19(13)31(30-16)10-12-5-2-3-7-15(12)23/h2-9,11H,10H2,1H3,(H,26,32)(H,29,34)(H,25,27,28,33). The van der Waals surface area contributed by atoms with E-state index in [0.717, 1.165) is 0 Å². The number of nitrogens with zero attached hydrogens (tertiary/aromatic N) is 5. The number of rotatable bonds is 6. The number of carbonyl (C=O) groups is 3. The monoisotopic (exact) mass is 460 g/mol. The molecule has 170 valence electrons. The molecule has 1 unspecified atom stereocenters. The summed E-state index contributed by atoms with van der Waals surface area (Å²) in [6.45, 7) is 1.55. The van der Waals surface area contributed by atoms with Crippen LogP contribution in [-0.2, 0) is 26.3 Å². The summed E-state index contributed by atoms with van der Waals surface area (Å²) >= 11 is 0. The molecule has 3 N–H and O–H groups in total. The first-order chi connectivity index (χ1) is 16.4. The summed E-state index contributed by atoms with van der Waals surface area (Å²) in [6.07, 6.45) is 3.26. The molecular formula is C22H17FN8O3. The Balaban J connectivity index is 1.57. The molecule has 11 nitrogen and oxygen atoms in total. The lowest BCUT2D eigenvalue weighted by Gasteiger charge is -2.19. The third-order valence-corrected chi connectivity index (χ3v) is 5.71. The Kier molecular flexibility index (Phi) is 4.97. The molecule has 5 rings (SSSR count). The van der Waals surface area contributed by atoms with Crippen molar-refractivity contribution in [3.63, 3.8) is 0 Å². The zero-order valence-electron chi connectivity index (χ0n) is 17.7. The lowest BCUT2D eigenvalue weighted by atomic mass is 9.84. The SMILES string of the molecule is CC1(C(=O)NNC=O)C(=O)Nc2nc(-c3nn(Cc4ccccc4F)c4ncccc34)ncc21. The van der Waals surface area contributed by atoms with Crippen molar-refractivity contribution >= 4 is 35.1 Å². The number of amides is 3. The van der Waals surface area contributed by atoms with Crippen LogP contribution >= 0.6 is 0 Å². The zero-order valence-corrected chi connectivity index (χ0v) is 17.7. The Morgan fingerprint density at radius 3 is 2.85 bits per heavy atom. The van der Waals surface area contributed by atoms with E-state index in [-0.39, 0.29) is 36.0 Å². The molecule has 1 aliphatic heterocycles. The number of pyridine rings is 1. The Hall–Kier alpha value is -4.74. The average Bonchev–Trinajstić information content (AvgIpc) is 3.34. The van der Waals surface area contributed by atoms with Crippen molar-refractivity contribution < 1.29 is 18.8 Å². The molecule has 0 spiro atoms. The van der Waals surface area contributed by atoms with E-state index in [4.69, 9.17) is 0 Å². The first kappa shape index (κ1) is 21.1. The quantitative estimate of drug-likeness (QED) is 0.222. The maximum atomic E-state index is 14.2. The highest BCUT2D eigenvalue weighted by atomic mass is 19.1. The van der Waals surface area contributed by atoms with Crippen LogP contribution in [0.25, 0.3) is 22.6 Å². The van der Waals surface area contributed by atoms with Crippen LogP contribution in [0, 0.1) is 5.82 Å². The highest BCUT2D eigenvalue weighted by Crippen LogP contribution is 2.37. The number of hydrogen-bond acceptors (Lipinski definition) is 7. The van der Waals surface area contributed by atoms with E-state index in [1.807, 2.05) is 5.43 Å². The van der Waals surface area contributed by atoms with Gasteiger partial charge in [-0.2, -0.15) is 5.10 Å². The fraction of sp³-hybridized carbons (Fsp3) is 0.136. The van der Waals surface area contributed by atoms with Crippen molar-refractivity contribution in [3.05, 3.63) is 65.7 Å². The molecule has 4 aromatic rings. The third-order valence-electron chi connectivity index (χ3n) is 5.71. The summed E-state index contributed by atoms with van der Waals surface area (Å²) in [5.41, 5.74) is 4.15. The Morgan fingerprint density at radius 1 is 1.24 bits per heavy atom. The number of hydrogen-bond donors (Lipinski definition) is 3. The summed E-state index contributed by atoms with van der Waals surface area (Å²) in [5.74, 6) is -1.37. The Bertz CT molecular complexity index is 1470. The fourth-order valence-electron chi connectivity index (χ4n) is 3.83. The van der Waals surface area contributed by atoms with Crippen LogP contribution in [0.3, 0.4) is 0 Å². The molecule has 4 heterocycles. The molecule has 0 fully saturated rings. The lowest BCUT2D eigenvalue weighted by Crippen LogP contribution is -2.51. The van der Waals surface area contributed by atoms with E-state index >= 15 is 0 Å². The van der Waals surface area contributed by atoms with Gasteiger partial charge in [-0.25, -0.2) is 24.0 Å². The Morgan fingerprint density at radius 2 is 2.06 bits per heavy atom. The van der Waals surface area contributed by atoms with Crippen LogP contribution in [-0.4, -0.2) is 43.0 Å². The number of anilines is 1. The number of fused-ring (bicyclic) bond motifs is 2. The van der Waals surface area contributed by atoms with Gasteiger partial charge in [0.15, 0.2) is 16.9 Å². The molecule has 0 bridgehead atoms. The van der Waals surface area contributed by atoms with Gasteiger partial charge in [-0.1, -0.05) is 18.2 Å². The van der Waals surface area contributed by atoms with Gasteiger partial charge in [0, 0.05) is 23.5 Å². The molecule has 1 aliphatic rings. The van der Waals surface area contributed by atoms with Gasteiger partial charge in [-0.05, 0) is 25.1 Å². The predicted molar refractivity (Wildman–Crippen MR) is 117 cm³/mol. The van der Waals surface area contributed by atoms with E-state index < -0.39 is 17.2 Å². The van der Waals surface area contributed by atoms with Gasteiger partial charge in [-0.3, -0.25) is 25.2 Å². The van der Waals surface area contributed by atoms with Crippen LogP contribution in [0.15, 0.2) is 48.8 Å². The molecule has 3 amide bonds. The minimum atomic E-state index is -1.64. The third kappa shape index (κ3) is 3.23. The highest BCUT2D eigenvalue weighted by Gasteiger charge is 2.50. The molecule has 3 aromatic heterocycles. The molecule has 0 saturated heterocycles. The van der Waals surface area contributed by atoms with E-state index in [0.29, 0.717) is 22.3 Å². The second kappa shape index (κ2) is 7.99. The van der Waals surface area contributed by atoms with Gasteiger partial charge in [0.25, 0.3) is 5.91 Å². The van der Waals surface area contributed by atoms with Crippen LogP contribution in [0.4, 0.5) is 10.2 Å². The van der Waals surface area contributed by atoms with Crippen molar-refractivity contribution in [2.75, 3.05) is 5.32 Å². The number of aromatic nitrogens is 5. The first-order valence-corrected chi connectivity index (χ1v) is 10.2. The zero-order chi connectivity index (χ0) is 23.9. The maximum Gasteiger partial charge on any atom is 0.258 e. The van der Waals surface area contributed by atoms with E-state index in [2.05, 4.69) is 30.8 Å². The van der Waals surface area contributed by atoms with Gasteiger partial charge < -0.3 is 5.32 Å². The molecule has 0 radical (unpaired) electrons. The smallest absolute Gasteiger partial charge is 0.258 e. The van der Waals surface area contributed by atoms with E-state index in [1.54, 1.807) is 41.2 Å². The maximum absolute atomic E-state index is 14.2. The second-order valence-corrected chi connectivity index (χ2v) is 7.72. The van der Waals surface area contributed by atoms with Crippen molar-refractivity contribution in [1.29, 1.82) is 0 Å². The average molecular weight is 460 g/mol. The number of nitrogens with one attached hydrogen (secondary N) is 3. The van der Waals surface area contributed by atoms with E-state index in [1.165, 1.54) is 19.2 Å². The molecule has 1 aromatic carbocycles. The summed E-state index contributed by atoms with van der Waals surface area (Å²) in [4.78, 5) is 48.8. The Labute approximate surface area is 191 Å². The molecule has 1 atom stereocenters. The second-order valence-electron chi connectivity index (χ2n) is 7.72. The van der Waals surface area contributed by atoms with Crippen LogP contribution < -0.4 is 16.2 Å². The van der Waals surface area contributed by atoms with Gasteiger partial charge >= 0.3 is 0 Å². The predicted octanol–water partition coefficient (Wildman–Crippen LogP) is 1.06. The number of carbonyl (C=O) groups excluding carboxylic acids is 3. The van der Waals surface area contributed by atoms with Crippen molar-refractivity contribution in [2.24, 2.45) is 0 Å². The number of hydrazine groups is 1. The first-order valence-electron chi connectivity index (χ1n) is 10.2. The van der Waals surface area contributed by atoms with Gasteiger partial charge in [0.05, 0.1) is 11.9 Å². The van der Waals surface area contributed by atoms with Crippen molar-refractivity contribution in [2.45, 2.75) is 18.9 Å². The molecular weight excluding hydrogens is 443 g/mol. The minimum Gasteiger partial charge on any atom is -0.309 e. The van der Waals surface area contributed by atoms with Crippen LogP contribution in [0.2, 0.25) is 0 Å². The van der Waals surface area contributed by atoms with Gasteiger partial charge in [0.1, 0.15) is 17.3 Å². The molecule has 12 heteroatoms. The topological polar surface area (TPSA) is 144 Å². The van der Waals surface area contributed by atoms with Gasteiger partial charge in [0.2, 0.25) is 12.3 Å².